The Bertz CT molecular complexity index is 972. The molecular formula is C23H24N2O5. The number of unbranched alkanes of at least 4 members (excludes halogenated alkanes) is 1. The Kier molecular flexibility index (Phi) is 7.21. The monoisotopic (exact) mass is 408 g/mol. The smallest absolute Gasteiger partial charge is 0.344 e. The van der Waals surface area contributed by atoms with Gasteiger partial charge in [0.15, 0.2) is 11.5 Å². The molecule has 7 heteroatoms. The predicted molar refractivity (Wildman–Crippen MR) is 112 cm³/mol. The van der Waals surface area contributed by atoms with E-state index in [1.54, 1.807) is 62.8 Å². The number of hydrogen-bond acceptors (Lipinski definition) is 7. The van der Waals surface area contributed by atoms with Crippen molar-refractivity contribution >= 4 is 5.97 Å². The highest BCUT2D eigenvalue weighted by Crippen LogP contribution is 2.31. The van der Waals surface area contributed by atoms with E-state index < -0.39 is 5.97 Å². The molecule has 0 N–H and O–H groups in total. The second-order valence-corrected chi connectivity index (χ2v) is 6.44. The summed E-state index contributed by atoms with van der Waals surface area (Å²) >= 11 is 0. The number of carbonyl (C=O) groups excluding carboxylic acids is 1. The average Bonchev–Trinajstić information content (AvgIpc) is 2.79. The van der Waals surface area contributed by atoms with Gasteiger partial charge in [0, 0.05) is 11.6 Å². The fourth-order valence-electron chi connectivity index (χ4n) is 2.70. The summed E-state index contributed by atoms with van der Waals surface area (Å²) < 4.78 is 21.5. The van der Waals surface area contributed by atoms with E-state index in [0.29, 0.717) is 29.4 Å². The molecule has 3 aromatic rings. The molecule has 156 valence electrons. The molecule has 0 fully saturated rings. The highest BCUT2D eigenvalue weighted by atomic mass is 16.5. The molecule has 3 rings (SSSR count). The van der Waals surface area contributed by atoms with E-state index in [1.165, 1.54) is 0 Å². The number of rotatable bonds is 9. The Morgan fingerprint density at radius 2 is 1.67 bits per heavy atom. The van der Waals surface area contributed by atoms with Crippen molar-refractivity contribution in [1.82, 2.24) is 10.2 Å². The van der Waals surface area contributed by atoms with Gasteiger partial charge in [-0.2, -0.15) is 0 Å². The molecule has 2 aromatic carbocycles. The highest BCUT2D eigenvalue weighted by molar-refractivity contribution is 5.91. The number of ether oxygens (including phenoxy) is 4. The normalized spacial score (nSPS) is 10.4. The van der Waals surface area contributed by atoms with Crippen LogP contribution in [0, 0.1) is 0 Å². The van der Waals surface area contributed by atoms with Crippen LogP contribution >= 0.6 is 0 Å². The summed E-state index contributed by atoms with van der Waals surface area (Å²) in [6.07, 6.45) is 2.05. The van der Waals surface area contributed by atoms with Gasteiger partial charge < -0.3 is 18.9 Å². The standard InChI is InChI=1S/C23H24N2O5/c1-4-5-14-29-18-9-6-16(7-10-18)23(26)30-22-13-11-19(24-25-22)17-8-12-20(27-2)21(15-17)28-3/h6-13,15H,4-5,14H2,1-3H3. The lowest BCUT2D eigenvalue weighted by Crippen LogP contribution is -2.10. The van der Waals surface area contributed by atoms with Gasteiger partial charge in [-0.15, -0.1) is 10.2 Å². The van der Waals surface area contributed by atoms with Crippen molar-refractivity contribution in [3.8, 4) is 34.4 Å². The molecule has 0 unspecified atom stereocenters. The van der Waals surface area contributed by atoms with Crippen LogP contribution in [0.5, 0.6) is 23.1 Å². The second-order valence-electron chi connectivity index (χ2n) is 6.44. The van der Waals surface area contributed by atoms with Gasteiger partial charge in [0.1, 0.15) is 5.75 Å². The number of benzene rings is 2. The minimum absolute atomic E-state index is 0.118. The maximum atomic E-state index is 12.3. The van der Waals surface area contributed by atoms with Crippen LogP contribution in [0.3, 0.4) is 0 Å². The molecule has 0 saturated heterocycles. The van der Waals surface area contributed by atoms with E-state index in [4.69, 9.17) is 18.9 Å². The number of esters is 1. The number of methoxy groups -OCH3 is 2. The summed E-state index contributed by atoms with van der Waals surface area (Å²) in [5, 5.41) is 8.14. The van der Waals surface area contributed by atoms with E-state index in [-0.39, 0.29) is 5.88 Å². The van der Waals surface area contributed by atoms with Crippen molar-refractivity contribution < 1.29 is 23.7 Å². The number of aromatic nitrogens is 2. The predicted octanol–water partition coefficient (Wildman–Crippen LogP) is 4.56. The van der Waals surface area contributed by atoms with Crippen LogP contribution in [-0.2, 0) is 0 Å². The van der Waals surface area contributed by atoms with Crippen LogP contribution in [0.4, 0.5) is 0 Å². The van der Waals surface area contributed by atoms with Crippen molar-refractivity contribution in [1.29, 1.82) is 0 Å². The van der Waals surface area contributed by atoms with Crippen molar-refractivity contribution in [2.75, 3.05) is 20.8 Å². The van der Waals surface area contributed by atoms with Gasteiger partial charge in [0.05, 0.1) is 32.1 Å². The largest absolute Gasteiger partial charge is 0.494 e. The molecule has 0 spiro atoms. The van der Waals surface area contributed by atoms with Gasteiger partial charge in [0.25, 0.3) is 0 Å². The lowest BCUT2D eigenvalue weighted by Gasteiger charge is -2.09. The minimum Gasteiger partial charge on any atom is -0.494 e. The van der Waals surface area contributed by atoms with Gasteiger partial charge >= 0.3 is 5.97 Å². The topological polar surface area (TPSA) is 79.8 Å². The highest BCUT2D eigenvalue weighted by Gasteiger charge is 2.12. The number of nitrogens with zero attached hydrogens (tertiary/aromatic N) is 2. The first-order valence-electron chi connectivity index (χ1n) is 9.65. The Morgan fingerprint density at radius 1 is 0.900 bits per heavy atom. The van der Waals surface area contributed by atoms with Crippen LogP contribution in [0.25, 0.3) is 11.3 Å². The zero-order valence-electron chi connectivity index (χ0n) is 17.3. The number of hydrogen-bond donors (Lipinski definition) is 0. The Balaban J connectivity index is 1.64. The SMILES string of the molecule is CCCCOc1ccc(C(=O)Oc2ccc(-c3ccc(OC)c(OC)c3)nn2)cc1. The summed E-state index contributed by atoms with van der Waals surface area (Å²) in [6.45, 7) is 2.76. The zero-order valence-corrected chi connectivity index (χ0v) is 17.3. The first-order chi connectivity index (χ1) is 14.6. The maximum Gasteiger partial charge on any atom is 0.344 e. The van der Waals surface area contributed by atoms with Gasteiger partial charge in [-0.3, -0.25) is 0 Å². The van der Waals surface area contributed by atoms with Crippen molar-refractivity contribution in [2.24, 2.45) is 0 Å². The Morgan fingerprint density at radius 3 is 2.30 bits per heavy atom. The molecule has 30 heavy (non-hydrogen) atoms. The molecule has 0 aliphatic carbocycles. The Labute approximate surface area is 175 Å². The van der Waals surface area contributed by atoms with E-state index in [0.717, 1.165) is 24.2 Å². The first kappa shape index (κ1) is 21.1. The van der Waals surface area contributed by atoms with E-state index in [2.05, 4.69) is 17.1 Å². The molecule has 0 aliphatic rings. The molecule has 0 radical (unpaired) electrons. The molecule has 0 saturated carbocycles. The molecule has 0 atom stereocenters. The quantitative estimate of drug-likeness (QED) is 0.379. The van der Waals surface area contributed by atoms with Gasteiger partial charge in [-0.25, -0.2) is 4.79 Å². The van der Waals surface area contributed by atoms with Crippen LogP contribution in [0.15, 0.2) is 54.6 Å². The van der Waals surface area contributed by atoms with E-state index in [9.17, 15) is 4.79 Å². The maximum absolute atomic E-state index is 12.3. The Hall–Kier alpha value is -3.61. The summed E-state index contributed by atoms with van der Waals surface area (Å²) in [6, 6.07) is 15.6. The molecule has 0 bridgehead atoms. The van der Waals surface area contributed by atoms with Crippen molar-refractivity contribution in [2.45, 2.75) is 19.8 Å². The van der Waals surface area contributed by atoms with Crippen LogP contribution in [0.1, 0.15) is 30.1 Å². The first-order valence-corrected chi connectivity index (χ1v) is 9.65. The van der Waals surface area contributed by atoms with Crippen LogP contribution in [0.2, 0.25) is 0 Å². The van der Waals surface area contributed by atoms with Gasteiger partial charge in [-0.1, -0.05) is 13.3 Å². The second kappa shape index (κ2) is 10.2. The lowest BCUT2D eigenvalue weighted by atomic mass is 10.1. The van der Waals surface area contributed by atoms with Gasteiger partial charge in [0.2, 0.25) is 5.88 Å². The lowest BCUT2D eigenvalue weighted by molar-refractivity contribution is 0.0726. The fourth-order valence-corrected chi connectivity index (χ4v) is 2.70. The van der Waals surface area contributed by atoms with E-state index in [1.807, 2.05) is 6.07 Å². The average molecular weight is 408 g/mol. The third kappa shape index (κ3) is 5.26. The summed E-state index contributed by atoms with van der Waals surface area (Å²) in [7, 11) is 3.15. The van der Waals surface area contributed by atoms with Crippen LogP contribution < -0.4 is 18.9 Å². The van der Waals surface area contributed by atoms with Crippen molar-refractivity contribution in [3.05, 3.63) is 60.2 Å². The third-order valence-electron chi connectivity index (χ3n) is 4.37. The molecule has 1 heterocycles. The van der Waals surface area contributed by atoms with Crippen LogP contribution in [-0.4, -0.2) is 37.0 Å². The minimum atomic E-state index is -0.511. The molecule has 0 amide bonds. The van der Waals surface area contributed by atoms with Gasteiger partial charge in [-0.05, 0) is 55.0 Å². The molecular weight excluding hydrogens is 384 g/mol. The molecule has 0 aliphatic heterocycles. The molecule has 1 aromatic heterocycles. The fraction of sp³-hybridized carbons (Fsp3) is 0.261. The summed E-state index contributed by atoms with van der Waals surface area (Å²) in [5.41, 5.74) is 1.82. The van der Waals surface area contributed by atoms with E-state index >= 15 is 0 Å². The zero-order chi connectivity index (χ0) is 21.3. The summed E-state index contributed by atoms with van der Waals surface area (Å²) in [5.74, 6) is 1.55. The third-order valence-corrected chi connectivity index (χ3v) is 4.37. The summed E-state index contributed by atoms with van der Waals surface area (Å²) in [4.78, 5) is 12.3. The van der Waals surface area contributed by atoms with Crippen molar-refractivity contribution in [3.63, 3.8) is 0 Å². The number of carbonyl (C=O) groups is 1. The molecule has 7 nitrogen and oxygen atoms in total.